The Morgan fingerprint density at radius 1 is 1.15 bits per heavy atom. The fourth-order valence-corrected chi connectivity index (χ4v) is 2.99. The molecular formula is C21H23N3O2. The third-order valence-electron chi connectivity index (χ3n) is 4.60. The standard InChI is InChI=1S/C21H23N3O2/c1-15-8-10-18(11-9-15)16(2)22-23-21(26)19-12-20(25)24(14-19)13-17-6-4-3-5-7-17/h3-11,19H,12-14H2,1-2H3,(H,23,26)/b22-16+. The number of hydrazone groups is 1. The molecule has 1 aliphatic rings. The van der Waals surface area contributed by atoms with Crippen LogP contribution >= 0.6 is 0 Å². The number of rotatable bonds is 5. The smallest absolute Gasteiger partial charge is 0.245 e. The number of hydrogen-bond donors (Lipinski definition) is 1. The van der Waals surface area contributed by atoms with E-state index < -0.39 is 0 Å². The van der Waals surface area contributed by atoms with Gasteiger partial charge in [-0.25, -0.2) is 5.43 Å². The quantitative estimate of drug-likeness (QED) is 0.666. The molecule has 0 aromatic heterocycles. The molecule has 0 bridgehead atoms. The molecule has 0 aliphatic carbocycles. The highest BCUT2D eigenvalue weighted by atomic mass is 16.2. The molecular weight excluding hydrogens is 326 g/mol. The van der Waals surface area contributed by atoms with Crippen LogP contribution in [0.25, 0.3) is 0 Å². The van der Waals surface area contributed by atoms with Crippen molar-refractivity contribution < 1.29 is 9.59 Å². The van der Waals surface area contributed by atoms with E-state index in [9.17, 15) is 9.59 Å². The maximum atomic E-state index is 12.4. The van der Waals surface area contributed by atoms with Crippen LogP contribution in [0.15, 0.2) is 59.7 Å². The minimum Gasteiger partial charge on any atom is -0.338 e. The lowest BCUT2D eigenvalue weighted by Gasteiger charge is -2.16. The molecule has 0 spiro atoms. The normalized spacial score (nSPS) is 17.5. The number of likely N-dealkylation sites (tertiary alicyclic amines) is 1. The Morgan fingerprint density at radius 2 is 1.85 bits per heavy atom. The monoisotopic (exact) mass is 349 g/mol. The Kier molecular flexibility index (Phi) is 5.46. The van der Waals surface area contributed by atoms with E-state index in [-0.39, 0.29) is 24.2 Å². The molecule has 1 aliphatic heterocycles. The SMILES string of the molecule is C/C(=N\NC(=O)C1CC(=O)N(Cc2ccccc2)C1)c1ccc(C)cc1. The molecule has 1 unspecified atom stereocenters. The van der Waals surface area contributed by atoms with Crippen molar-refractivity contribution in [3.05, 3.63) is 71.3 Å². The molecule has 0 saturated carbocycles. The van der Waals surface area contributed by atoms with Crippen LogP contribution in [0.1, 0.15) is 30.0 Å². The summed E-state index contributed by atoms with van der Waals surface area (Å²) in [5, 5.41) is 4.19. The summed E-state index contributed by atoms with van der Waals surface area (Å²) in [6.45, 7) is 4.84. The topological polar surface area (TPSA) is 61.8 Å². The average molecular weight is 349 g/mol. The second kappa shape index (κ2) is 7.95. The van der Waals surface area contributed by atoms with E-state index in [2.05, 4.69) is 10.5 Å². The van der Waals surface area contributed by atoms with Gasteiger partial charge in [0.2, 0.25) is 11.8 Å². The number of amides is 2. The van der Waals surface area contributed by atoms with E-state index in [1.165, 1.54) is 5.56 Å². The van der Waals surface area contributed by atoms with Crippen molar-refractivity contribution >= 4 is 17.5 Å². The van der Waals surface area contributed by atoms with Gasteiger partial charge in [-0.1, -0.05) is 60.2 Å². The first-order chi connectivity index (χ1) is 12.5. The maximum Gasteiger partial charge on any atom is 0.245 e. The van der Waals surface area contributed by atoms with Gasteiger partial charge in [0.05, 0.1) is 11.6 Å². The molecule has 3 rings (SSSR count). The van der Waals surface area contributed by atoms with E-state index >= 15 is 0 Å². The van der Waals surface area contributed by atoms with Crippen molar-refractivity contribution in [1.29, 1.82) is 0 Å². The van der Waals surface area contributed by atoms with Gasteiger partial charge in [0.1, 0.15) is 0 Å². The van der Waals surface area contributed by atoms with E-state index in [0.717, 1.165) is 16.8 Å². The van der Waals surface area contributed by atoms with Gasteiger partial charge < -0.3 is 4.90 Å². The zero-order valence-corrected chi connectivity index (χ0v) is 15.1. The zero-order chi connectivity index (χ0) is 18.5. The van der Waals surface area contributed by atoms with Crippen LogP contribution in [0.4, 0.5) is 0 Å². The summed E-state index contributed by atoms with van der Waals surface area (Å²) in [5.74, 6) is -0.561. The Labute approximate surface area is 153 Å². The van der Waals surface area contributed by atoms with Crippen molar-refractivity contribution in [1.82, 2.24) is 10.3 Å². The van der Waals surface area contributed by atoms with Crippen LogP contribution in [0, 0.1) is 12.8 Å². The lowest BCUT2D eigenvalue weighted by atomic mass is 10.1. The summed E-state index contributed by atoms with van der Waals surface area (Å²) in [6, 6.07) is 17.8. The molecule has 1 atom stereocenters. The molecule has 5 nitrogen and oxygen atoms in total. The molecule has 26 heavy (non-hydrogen) atoms. The summed E-state index contributed by atoms with van der Waals surface area (Å²) in [5.41, 5.74) is 6.55. The summed E-state index contributed by atoms with van der Waals surface area (Å²) in [7, 11) is 0. The average Bonchev–Trinajstić information content (AvgIpc) is 3.01. The van der Waals surface area contributed by atoms with Crippen LogP contribution in [-0.4, -0.2) is 29.0 Å². The van der Waals surface area contributed by atoms with E-state index in [1.54, 1.807) is 4.90 Å². The van der Waals surface area contributed by atoms with Crippen molar-refractivity contribution in [3.8, 4) is 0 Å². The fraction of sp³-hybridized carbons (Fsp3) is 0.286. The summed E-state index contributed by atoms with van der Waals surface area (Å²) in [4.78, 5) is 26.3. The van der Waals surface area contributed by atoms with Crippen LogP contribution in [0.5, 0.6) is 0 Å². The largest absolute Gasteiger partial charge is 0.338 e. The number of benzene rings is 2. The van der Waals surface area contributed by atoms with Crippen molar-refractivity contribution in [2.45, 2.75) is 26.8 Å². The Morgan fingerprint density at radius 3 is 2.54 bits per heavy atom. The predicted octanol–water partition coefficient (Wildman–Crippen LogP) is 2.88. The van der Waals surface area contributed by atoms with Crippen molar-refractivity contribution in [3.63, 3.8) is 0 Å². The highest BCUT2D eigenvalue weighted by Gasteiger charge is 2.34. The zero-order valence-electron chi connectivity index (χ0n) is 15.1. The van der Waals surface area contributed by atoms with Crippen LogP contribution < -0.4 is 5.43 Å². The number of hydrogen-bond acceptors (Lipinski definition) is 3. The fourth-order valence-electron chi connectivity index (χ4n) is 2.99. The first kappa shape index (κ1) is 17.9. The van der Waals surface area contributed by atoms with Gasteiger partial charge >= 0.3 is 0 Å². The molecule has 1 N–H and O–H groups in total. The Hall–Kier alpha value is -2.95. The summed E-state index contributed by atoms with van der Waals surface area (Å²) in [6.07, 6.45) is 0.234. The molecule has 1 fully saturated rings. The second-order valence-corrected chi connectivity index (χ2v) is 6.70. The van der Waals surface area contributed by atoms with Crippen LogP contribution in [0.3, 0.4) is 0 Å². The molecule has 0 radical (unpaired) electrons. The lowest BCUT2D eigenvalue weighted by molar-refractivity contribution is -0.129. The third-order valence-corrected chi connectivity index (χ3v) is 4.60. The number of carbonyl (C=O) groups excluding carboxylic acids is 2. The van der Waals surface area contributed by atoms with Gasteiger partial charge in [-0.2, -0.15) is 5.10 Å². The van der Waals surface area contributed by atoms with Gasteiger partial charge in [-0.15, -0.1) is 0 Å². The van der Waals surface area contributed by atoms with Crippen LogP contribution in [-0.2, 0) is 16.1 Å². The number of nitrogens with one attached hydrogen (secondary N) is 1. The first-order valence-electron chi connectivity index (χ1n) is 8.76. The highest BCUT2D eigenvalue weighted by molar-refractivity contribution is 5.99. The van der Waals surface area contributed by atoms with E-state index in [4.69, 9.17) is 0 Å². The van der Waals surface area contributed by atoms with Crippen LogP contribution in [0.2, 0.25) is 0 Å². The number of aryl methyl sites for hydroxylation is 1. The molecule has 1 saturated heterocycles. The van der Waals surface area contributed by atoms with Gasteiger partial charge in [-0.3, -0.25) is 9.59 Å². The Balaban J connectivity index is 1.57. The maximum absolute atomic E-state index is 12.4. The molecule has 5 heteroatoms. The van der Waals surface area contributed by atoms with Gasteiger partial charge in [0.15, 0.2) is 0 Å². The van der Waals surface area contributed by atoms with Gasteiger partial charge in [0.25, 0.3) is 0 Å². The highest BCUT2D eigenvalue weighted by Crippen LogP contribution is 2.20. The molecule has 134 valence electrons. The minimum atomic E-state index is -0.360. The van der Waals surface area contributed by atoms with E-state index in [1.807, 2.05) is 68.4 Å². The molecule has 2 aromatic rings. The van der Waals surface area contributed by atoms with Gasteiger partial charge in [0, 0.05) is 19.5 Å². The molecule has 2 amide bonds. The van der Waals surface area contributed by atoms with Gasteiger partial charge in [-0.05, 0) is 25.0 Å². The molecule has 2 aromatic carbocycles. The summed E-state index contributed by atoms with van der Waals surface area (Å²) < 4.78 is 0. The lowest BCUT2D eigenvalue weighted by Crippen LogP contribution is -2.30. The summed E-state index contributed by atoms with van der Waals surface area (Å²) >= 11 is 0. The Bertz CT molecular complexity index is 813. The number of nitrogens with zero attached hydrogens (tertiary/aromatic N) is 2. The third kappa shape index (κ3) is 4.36. The second-order valence-electron chi connectivity index (χ2n) is 6.70. The van der Waals surface area contributed by atoms with E-state index in [0.29, 0.717) is 13.1 Å². The predicted molar refractivity (Wildman–Crippen MR) is 101 cm³/mol. The minimum absolute atomic E-state index is 0.00763. The number of carbonyl (C=O) groups is 2. The first-order valence-corrected chi connectivity index (χ1v) is 8.76. The molecule has 1 heterocycles. The van der Waals surface area contributed by atoms with Crippen molar-refractivity contribution in [2.75, 3.05) is 6.54 Å². The van der Waals surface area contributed by atoms with Crippen molar-refractivity contribution in [2.24, 2.45) is 11.0 Å².